The molecule has 1 fully saturated rings. The van der Waals surface area contributed by atoms with Crippen molar-refractivity contribution in [3.63, 3.8) is 0 Å². The second kappa shape index (κ2) is 7.92. The molecule has 5 heteroatoms. The van der Waals surface area contributed by atoms with E-state index in [-0.39, 0.29) is 19.0 Å². The van der Waals surface area contributed by atoms with E-state index in [0.29, 0.717) is 13.2 Å². The molecule has 1 aliphatic heterocycles. The molecule has 2 rings (SSSR count). The third-order valence-corrected chi connectivity index (χ3v) is 4.76. The average molecular weight is 333 g/mol. The zero-order valence-corrected chi connectivity index (χ0v) is 14.5. The predicted molar refractivity (Wildman–Crippen MR) is 92.7 cm³/mol. The SMILES string of the molecule is C=CCCN1CC(C)(O)C1(COC)COC(=O)Cc1ccccc1. The Kier molecular flexibility index (Phi) is 6.15. The van der Waals surface area contributed by atoms with E-state index < -0.39 is 11.1 Å². The number of methoxy groups -OCH3 is 1. The van der Waals surface area contributed by atoms with Crippen LogP contribution in [-0.2, 0) is 20.7 Å². The van der Waals surface area contributed by atoms with Crippen LogP contribution >= 0.6 is 0 Å². The van der Waals surface area contributed by atoms with E-state index in [1.54, 1.807) is 14.0 Å². The van der Waals surface area contributed by atoms with Crippen LogP contribution in [0.1, 0.15) is 18.9 Å². The second-order valence-electron chi connectivity index (χ2n) is 6.56. The Morgan fingerprint density at radius 1 is 1.38 bits per heavy atom. The van der Waals surface area contributed by atoms with Gasteiger partial charge < -0.3 is 14.6 Å². The maximum atomic E-state index is 12.2. The average Bonchev–Trinajstić information content (AvgIpc) is 2.56. The number of esters is 1. The lowest BCUT2D eigenvalue weighted by atomic mass is 9.71. The van der Waals surface area contributed by atoms with E-state index in [1.807, 2.05) is 36.4 Å². The van der Waals surface area contributed by atoms with Crippen molar-refractivity contribution in [3.8, 4) is 0 Å². The first-order chi connectivity index (χ1) is 11.4. The highest BCUT2D eigenvalue weighted by molar-refractivity contribution is 5.72. The van der Waals surface area contributed by atoms with Crippen molar-refractivity contribution in [3.05, 3.63) is 48.6 Å². The Morgan fingerprint density at radius 2 is 2.08 bits per heavy atom. The summed E-state index contributed by atoms with van der Waals surface area (Å²) in [5, 5.41) is 10.7. The van der Waals surface area contributed by atoms with Gasteiger partial charge in [0, 0.05) is 20.2 Å². The van der Waals surface area contributed by atoms with Gasteiger partial charge in [0.25, 0.3) is 0 Å². The number of aliphatic hydroxyl groups is 1. The summed E-state index contributed by atoms with van der Waals surface area (Å²) in [4.78, 5) is 14.3. The topological polar surface area (TPSA) is 59.0 Å². The molecule has 24 heavy (non-hydrogen) atoms. The molecule has 2 unspecified atom stereocenters. The normalized spacial score (nSPS) is 26.6. The minimum atomic E-state index is -0.961. The molecule has 1 saturated heterocycles. The van der Waals surface area contributed by atoms with Crippen molar-refractivity contribution in [2.24, 2.45) is 0 Å². The summed E-state index contributed by atoms with van der Waals surface area (Å²) >= 11 is 0. The van der Waals surface area contributed by atoms with E-state index in [9.17, 15) is 9.90 Å². The highest BCUT2D eigenvalue weighted by atomic mass is 16.5. The number of β-amino-alcohol motifs (C(OH)–C–C–N with tert-alkyl or cyclic N) is 1. The summed E-state index contributed by atoms with van der Waals surface area (Å²) in [6, 6.07) is 9.47. The smallest absolute Gasteiger partial charge is 0.310 e. The van der Waals surface area contributed by atoms with Crippen molar-refractivity contribution in [1.29, 1.82) is 0 Å². The standard InChI is InChI=1S/C19H27NO4/c1-4-5-11-20-13-18(2,22)19(20,14-23-3)15-24-17(21)12-16-9-7-6-8-10-16/h4,6-10,22H,1,5,11-15H2,2-3H3. The van der Waals surface area contributed by atoms with E-state index in [4.69, 9.17) is 9.47 Å². The van der Waals surface area contributed by atoms with E-state index in [1.165, 1.54) is 0 Å². The van der Waals surface area contributed by atoms with Crippen molar-refractivity contribution in [2.45, 2.75) is 30.9 Å². The number of likely N-dealkylation sites (tertiary alicyclic amines) is 1. The van der Waals surface area contributed by atoms with Crippen molar-refractivity contribution in [2.75, 3.05) is 33.4 Å². The number of rotatable bonds is 9. The lowest BCUT2D eigenvalue weighted by molar-refractivity contribution is -0.242. The van der Waals surface area contributed by atoms with E-state index in [2.05, 4.69) is 11.5 Å². The third kappa shape index (κ3) is 3.86. The molecule has 132 valence electrons. The third-order valence-electron chi connectivity index (χ3n) is 4.76. The molecule has 1 aromatic carbocycles. The molecule has 0 radical (unpaired) electrons. The van der Waals surface area contributed by atoms with Crippen LogP contribution in [0.4, 0.5) is 0 Å². The number of hydrogen-bond donors (Lipinski definition) is 1. The lowest BCUT2D eigenvalue weighted by Gasteiger charge is -2.61. The number of hydrogen-bond acceptors (Lipinski definition) is 5. The fraction of sp³-hybridized carbons (Fsp3) is 0.526. The molecule has 0 aromatic heterocycles. The number of benzene rings is 1. The largest absolute Gasteiger partial charge is 0.463 e. The van der Waals surface area contributed by atoms with Gasteiger partial charge in [-0.1, -0.05) is 36.4 Å². The lowest BCUT2D eigenvalue weighted by Crippen LogP contribution is -2.81. The molecule has 1 aliphatic rings. The molecule has 0 aliphatic carbocycles. The van der Waals surface area contributed by atoms with Crippen LogP contribution in [-0.4, -0.2) is 60.5 Å². The van der Waals surface area contributed by atoms with Gasteiger partial charge in [-0.05, 0) is 18.9 Å². The molecule has 0 spiro atoms. The molecular weight excluding hydrogens is 306 g/mol. The molecule has 0 amide bonds. The molecule has 2 atom stereocenters. The highest BCUT2D eigenvalue weighted by Crippen LogP contribution is 2.40. The Balaban J connectivity index is 2.01. The van der Waals surface area contributed by atoms with Gasteiger partial charge in [-0.25, -0.2) is 0 Å². The monoisotopic (exact) mass is 333 g/mol. The molecule has 1 N–H and O–H groups in total. The zero-order valence-electron chi connectivity index (χ0n) is 14.5. The Hall–Kier alpha value is -1.69. The zero-order chi connectivity index (χ0) is 17.6. The second-order valence-corrected chi connectivity index (χ2v) is 6.56. The van der Waals surface area contributed by atoms with Gasteiger partial charge in [-0.3, -0.25) is 9.69 Å². The van der Waals surface area contributed by atoms with E-state index in [0.717, 1.165) is 18.5 Å². The van der Waals surface area contributed by atoms with Crippen LogP contribution in [0.2, 0.25) is 0 Å². The summed E-state index contributed by atoms with van der Waals surface area (Å²) in [6.07, 6.45) is 2.87. The van der Waals surface area contributed by atoms with Gasteiger partial charge in [0.1, 0.15) is 12.1 Å². The van der Waals surface area contributed by atoms with Crippen molar-refractivity contribution in [1.82, 2.24) is 4.90 Å². The first-order valence-corrected chi connectivity index (χ1v) is 8.22. The van der Waals surface area contributed by atoms with Gasteiger partial charge >= 0.3 is 5.97 Å². The number of carbonyl (C=O) groups is 1. The summed E-state index contributed by atoms with van der Waals surface area (Å²) < 4.78 is 10.8. The predicted octanol–water partition coefficient (Wildman–Crippen LogP) is 1.80. The molecule has 1 heterocycles. The van der Waals surface area contributed by atoms with Gasteiger partial charge in [-0.2, -0.15) is 0 Å². The fourth-order valence-electron chi connectivity index (χ4n) is 3.25. The van der Waals surface area contributed by atoms with Crippen LogP contribution < -0.4 is 0 Å². The number of carbonyl (C=O) groups excluding carboxylic acids is 1. The minimum Gasteiger partial charge on any atom is -0.463 e. The maximum absolute atomic E-state index is 12.2. The minimum absolute atomic E-state index is 0.108. The van der Waals surface area contributed by atoms with E-state index >= 15 is 0 Å². The maximum Gasteiger partial charge on any atom is 0.310 e. The van der Waals surface area contributed by atoms with Crippen molar-refractivity contribution >= 4 is 5.97 Å². The molecule has 1 aromatic rings. The molecule has 0 saturated carbocycles. The van der Waals surface area contributed by atoms with Gasteiger partial charge in [0.2, 0.25) is 0 Å². The van der Waals surface area contributed by atoms with Gasteiger partial charge in [-0.15, -0.1) is 6.58 Å². The molecule has 0 bridgehead atoms. The Labute approximate surface area is 143 Å². The van der Waals surface area contributed by atoms with Gasteiger partial charge in [0.05, 0.1) is 18.6 Å². The Morgan fingerprint density at radius 3 is 2.67 bits per heavy atom. The number of nitrogens with zero attached hydrogens (tertiary/aromatic N) is 1. The Bertz CT molecular complexity index is 558. The van der Waals surface area contributed by atoms with Crippen LogP contribution in [0.3, 0.4) is 0 Å². The van der Waals surface area contributed by atoms with Crippen LogP contribution in [0.15, 0.2) is 43.0 Å². The summed E-state index contributed by atoms with van der Waals surface area (Å²) in [7, 11) is 1.59. The van der Waals surface area contributed by atoms with Crippen LogP contribution in [0.5, 0.6) is 0 Å². The quantitative estimate of drug-likeness (QED) is 0.552. The number of ether oxygens (including phenoxy) is 2. The van der Waals surface area contributed by atoms with Crippen molar-refractivity contribution < 1.29 is 19.4 Å². The van der Waals surface area contributed by atoms with Gasteiger partial charge in [0.15, 0.2) is 0 Å². The molecule has 5 nitrogen and oxygen atoms in total. The molecular formula is C19H27NO4. The fourth-order valence-corrected chi connectivity index (χ4v) is 3.25. The first kappa shape index (κ1) is 18.6. The summed E-state index contributed by atoms with van der Waals surface area (Å²) in [6.45, 7) is 7.19. The summed E-state index contributed by atoms with van der Waals surface area (Å²) in [5.41, 5.74) is -0.763. The highest BCUT2D eigenvalue weighted by Gasteiger charge is 2.61. The summed E-state index contributed by atoms with van der Waals surface area (Å²) in [5.74, 6) is -0.303. The first-order valence-electron chi connectivity index (χ1n) is 8.22. The van der Waals surface area contributed by atoms with Crippen LogP contribution in [0.25, 0.3) is 0 Å². The van der Waals surface area contributed by atoms with Crippen LogP contribution in [0, 0.1) is 0 Å².